The summed E-state index contributed by atoms with van der Waals surface area (Å²) < 4.78 is 0. The minimum atomic E-state index is 0.345. The third kappa shape index (κ3) is 3.38. The van der Waals surface area contributed by atoms with E-state index in [-0.39, 0.29) is 0 Å². The van der Waals surface area contributed by atoms with Gasteiger partial charge in [0, 0.05) is 19.0 Å². The van der Waals surface area contributed by atoms with E-state index < -0.39 is 0 Å². The Morgan fingerprint density at radius 3 is 3.00 bits per heavy atom. The summed E-state index contributed by atoms with van der Waals surface area (Å²) in [5, 5.41) is 0. The number of nitrogens with zero attached hydrogens (tertiary/aromatic N) is 1. The highest BCUT2D eigenvalue weighted by atomic mass is 15.1. The number of nitrogens with two attached hydrogens (primary N) is 1. The molecule has 74 valence electrons. The zero-order chi connectivity index (χ0) is 9.68. The van der Waals surface area contributed by atoms with E-state index in [0.717, 1.165) is 19.4 Å². The van der Waals surface area contributed by atoms with Crippen molar-refractivity contribution in [3.05, 3.63) is 0 Å². The molecule has 2 atom stereocenters. The summed E-state index contributed by atoms with van der Waals surface area (Å²) in [5.74, 6) is 3.37. The van der Waals surface area contributed by atoms with Crippen LogP contribution in [0.15, 0.2) is 0 Å². The molecule has 0 bridgehead atoms. The third-order valence-corrected chi connectivity index (χ3v) is 2.85. The molecular formula is C11H20N2. The normalized spacial score (nSPS) is 25.8. The van der Waals surface area contributed by atoms with Gasteiger partial charge in [-0.15, -0.1) is 12.3 Å². The molecule has 2 heteroatoms. The molecule has 0 aromatic rings. The van der Waals surface area contributed by atoms with Crippen LogP contribution >= 0.6 is 0 Å². The van der Waals surface area contributed by atoms with Crippen LogP contribution in [0.4, 0.5) is 0 Å². The van der Waals surface area contributed by atoms with Gasteiger partial charge in [-0.2, -0.15) is 0 Å². The number of unbranched alkanes of at least 4 members (excludes halogenated alkanes) is 1. The Bertz CT molecular complexity index is 181. The summed E-state index contributed by atoms with van der Waals surface area (Å²) in [5.41, 5.74) is 5.86. The first kappa shape index (κ1) is 10.6. The maximum absolute atomic E-state index is 5.86. The molecule has 0 aromatic heterocycles. The second-order valence-electron chi connectivity index (χ2n) is 4.02. The standard InChI is InChI=1S/C11H20N2/c1-3-4-5-7-13-8-6-11(9-13)10(2)12/h1,10-11H,4-9,12H2,2H3. The molecule has 0 spiro atoms. The first-order valence-electron chi connectivity index (χ1n) is 5.15. The van der Waals surface area contributed by atoms with Crippen molar-refractivity contribution >= 4 is 0 Å². The topological polar surface area (TPSA) is 29.3 Å². The van der Waals surface area contributed by atoms with Crippen LogP contribution < -0.4 is 5.73 Å². The number of likely N-dealkylation sites (tertiary alicyclic amines) is 1. The van der Waals surface area contributed by atoms with Crippen LogP contribution in [-0.2, 0) is 0 Å². The van der Waals surface area contributed by atoms with E-state index in [2.05, 4.69) is 17.7 Å². The van der Waals surface area contributed by atoms with Crippen LogP contribution in [0.3, 0.4) is 0 Å². The van der Waals surface area contributed by atoms with Gasteiger partial charge < -0.3 is 10.6 Å². The fraction of sp³-hybridized carbons (Fsp3) is 0.818. The van der Waals surface area contributed by atoms with E-state index in [9.17, 15) is 0 Å². The van der Waals surface area contributed by atoms with Crippen molar-refractivity contribution in [2.75, 3.05) is 19.6 Å². The number of terminal acetylenes is 1. The molecule has 1 aliphatic heterocycles. The van der Waals surface area contributed by atoms with Gasteiger partial charge in [-0.3, -0.25) is 0 Å². The minimum absolute atomic E-state index is 0.345. The lowest BCUT2D eigenvalue weighted by atomic mass is 10.0. The van der Waals surface area contributed by atoms with Crippen molar-refractivity contribution in [2.45, 2.75) is 32.2 Å². The number of hydrogen-bond acceptors (Lipinski definition) is 2. The molecule has 0 aliphatic carbocycles. The summed E-state index contributed by atoms with van der Waals surface area (Å²) in [6.07, 6.45) is 8.49. The van der Waals surface area contributed by atoms with Gasteiger partial charge in [0.15, 0.2) is 0 Å². The molecule has 1 fully saturated rings. The largest absolute Gasteiger partial charge is 0.328 e. The summed E-state index contributed by atoms with van der Waals surface area (Å²) in [6, 6.07) is 0.345. The Hall–Kier alpha value is -0.520. The van der Waals surface area contributed by atoms with E-state index in [1.807, 2.05) is 0 Å². The van der Waals surface area contributed by atoms with Crippen molar-refractivity contribution in [2.24, 2.45) is 11.7 Å². The van der Waals surface area contributed by atoms with E-state index in [4.69, 9.17) is 12.2 Å². The van der Waals surface area contributed by atoms with Gasteiger partial charge in [0.05, 0.1) is 0 Å². The smallest absolute Gasteiger partial charge is 0.00982 e. The Morgan fingerprint density at radius 1 is 1.69 bits per heavy atom. The van der Waals surface area contributed by atoms with E-state index in [1.54, 1.807) is 0 Å². The van der Waals surface area contributed by atoms with Crippen LogP contribution in [0.2, 0.25) is 0 Å². The molecule has 2 N–H and O–H groups in total. The Labute approximate surface area is 81.5 Å². The van der Waals surface area contributed by atoms with Crippen molar-refractivity contribution in [1.29, 1.82) is 0 Å². The van der Waals surface area contributed by atoms with Gasteiger partial charge in [-0.1, -0.05) is 0 Å². The van der Waals surface area contributed by atoms with Gasteiger partial charge in [0.25, 0.3) is 0 Å². The fourth-order valence-corrected chi connectivity index (χ4v) is 1.90. The zero-order valence-electron chi connectivity index (χ0n) is 8.50. The molecule has 1 heterocycles. The SMILES string of the molecule is C#CCCCN1CCC(C(C)N)C1. The molecule has 2 nitrogen and oxygen atoms in total. The summed E-state index contributed by atoms with van der Waals surface area (Å²) in [6.45, 7) is 5.63. The predicted octanol–water partition coefficient (Wildman–Crippen LogP) is 1.07. The van der Waals surface area contributed by atoms with Crippen molar-refractivity contribution < 1.29 is 0 Å². The van der Waals surface area contributed by atoms with Crippen LogP contribution in [0.25, 0.3) is 0 Å². The maximum atomic E-state index is 5.86. The first-order valence-corrected chi connectivity index (χ1v) is 5.15. The minimum Gasteiger partial charge on any atom is -0.328 e. The Morgan fingerprint density at radius 2 is 2.46 bits per heavy atom. The van der Waals surface area contributed by atoms with Gasteiger partial charge in [0.1, 0.15) is 0 Å². The van der Waals surface area contributed by atoms with Gasteiger partial charge in [0.2, 0.25) is 0 Å². The maximum Gasteiger partial charge on any atom is 0.00982 e. The highest BCUT2D eigenvalue weighted by molar-refractivity contribution is 4.85. The Balaban J connectivity index is 2.15. The van der Waals surface area contributed by atoms with Crippen LogP contribution in [0, 0.1) is 18.3 Å². The van der Waals surface area contributed by atoms with Crippen molar-refractivity contribution in [3.63, 3.8) is 0 Å². The molecule has 1 rings (SSSR count). The average Bonchev–Trinajstić information content (AvgIpc) is 2.53. The number of hydrogen-bond donors (Lipinski definition) is 1. The summed E-state index contributed by atoms with van der Waals surface area (Å²) >= 11 is 0. The molecule has 0 saturated carbocycles. The van der Waals surface area contributed by atoms with Crippen molar-refractivity contribution in [3.8, 4) is 12.3 Å². The highest BCUT2D eigenvalue weighted by Crippen LogP contribution is 2.18. The monoisotopic (exact) mass is 180 g/mol. The van der Waals surface area contributed by atoms with Gasteiger partial charge in [-0.05, 0) is 38.8 Å². The quantitative estimate of drug-likeness (QED) is 0.518. The molecule has 0 aromatic carbocycles. The molecule has 13 heavy (non-hydrogen) atoms. The zero-order valence-corrected chi connectivity index (χ0v) is 8.50. The first-order chi connectivity index (χ1) is 6.24. The number of rotatable bonds is 4. The molecular weight excluding hydrogens is 160 g/mol. The summed E-state index contributed by atoms with van der Waals surface area (Å²) in [4.78, 5) is 2.48. The second kappa shape index (κ2) is 5.26. The lowest BCUT2D eigenvalue weighted by Gasteiger charge is -2.16. The lowest BCUT2D eigenvalue weighted by Crippen LogP contribution is -2.30. The van der Waals surface area contributed by atoms with Crippen molar-refractivity contribution in [1.82, 2.24) is 4.90 Å². The highest BCUT2D eigenvalue weighted by Gasteiger charge is 2.24. The van der Waals surface area contributed by atoms with Gasteiger partial charge in [-0.25, -0.2) is 0 Å². The van der Waals surface area contributed by atoms with Crippen LogP contribution in [0.1, 0.15) is 26.2 Å². The Kier molecular flexibility index (Phi) is 4.27. The third-order valence-electron chi connectivity index (χ3n) is 2.85. The van der Waals surface area contributed by atoms with Gasteiger partial charge >= 0.3 is 0 Å². The van der Waals surface area contributed by atoms with E-state index in [1.165, 1.54) is 19.5 Å². The predicted molar refractivity (Wildman–Crippen MR) is 56.3 cm³/mol. The fourth-order valence-electron chi connectivity index (χ4n) is 1.90. The van der Waals surface area contributed by atoms with Crippen LogP contribution in [0.5, 0.6) is 0 Å². The molecule has 1 saturated heterocycles. The summed E-state index contributed by atoms with van der Waals surface area (Å²) in [7, 11) is 0. The van der Waals surface area contributed by atoms with Crippen LogP contribution in [-0.4, -0.2) is 30.6 Å². The second-order valence-corrected chi connectivity index (χ2v) is 4.02. The average molecular weight is 180 g/mol. The molecule has 2 unspecified atom stereocenters. The van der Waals surface area contributed by atoms with E-state index in [0.29, 0.717) is 12.0 Å². The molecule has 0 amide bonds. The lowest BCUT2D eigenvalue weighted by molar-refractivity contribution is 0.313. The van der Waals surface area contributed by atoms with E-state index >= 15 is 0 Å². The molecule has 0 radical (unpaired) electrons. The molecule has 1 aliphatic rings.